The first-order chi connectivity index (χ1) is 12.2. The first kappa shape index (κ1) is 18.8. The van der Waals surface area contributed by atoms with Gasteiger partial charge >= 0.3 is 0 Å². The fourth-order valence-electron chi connectivity index (χ4n) is 2.54. The number of carbonyl (C=O) groups excluding carboxylic acids is 1. The van der Waals surface area contributed by atoms with Crippen molar-refractivity contribution in [2.45, 2.75) is 28.6 Å². The van der Waals surface area contributed by atoms with Crippen molar-refractivity contribution in [3.63, 3.8) is 0 Å². The molecule has 1 aromatic carbocycles. The molecular formula is C15H15N3O5S3. The Morgan fingerprint density at radius 1 is 1.46 bits per heavy atom. The number of nitro benzene ring substituents is 1. The van der Waals surface area contributed by atoms with Gasteiger partial charge in [-0.3, -0.25) is 14.9 Å². The van der Waals surface area contributed by atoms with E-state index < -0.39 is 26.7 Å². The number of thiazole rings is 1. The molecule has 1 amide bonds. The third-order valence-electron chi connectivity index (χ3n) is 3.78. The van der Waals surface area contributed by atoms with Crippen molar-refractivity contribution >= 4 is 44.5 Å². The molecule has 0 bridgehead atoms. The van der Waals surface area contributed by atoms with Crippen LogP contribution in [0.15, 0.2) is 32.8 Å². The van der Waals surface area contributed by atoms with Crippen molar-refractivity contribution in [2.75, 3.05) is 11.5 Å². The van der Waals surface area contributed by atoms with Gasteiger partial charge in [0.1, 0.15) is 0 Å². The number of nitrogens with zero attached hydrogens (tertiary/aromatic N) is 2. The van der Waals surface area contributed by atoms with Gasteiger partial charge in [-0.2, -0.15) is 0 Å². The van der Waals surface area contributed by atoms with Crippen LogP contribution in [-0.2, 0) is 9.84 Å². The van der Waals surface area contributed by atoms with Crippen LogP contribution in [0.4, 0.5) is 5.69 Å². The summed E-state index contributed by atoms with van der Waals surface area (Å²) in [6.07, 6.45) is 0.355. The number of rotatable bonds is 5. The summed E-state index contributed by atoms with van der Waals surface area (Å²) in [5, 5.41) is 15.9. The van der Waals surface area contributed by atoms with E-state index in [-0.39, 0.29) is 22.8 Å². The van der Waals surface area contributed by atoms with E-state index in [1.807, 2.05) is 12.3 Å². The average Bonchev–Trinajstić information content (AvgIpc) is 3.12. The molecule has 0 aliphatic carbocycles. The fraction of sp³-hybridized carbons (Fsp3) is 0.333. The number of hydrogen-bond acceptors (Lipinski definition) is 8. The monoisotopic (exact) mass is 413 g/mol. The molecule has 1 aliphatic rings. The van der Waals surface area contributed by atoms with E-state index in [0.29, 0.717) is 15.7 Å². The first-order valence-corrected chi connectivity index (χ1v) is 11.1. The Balaban J connectivity index is 1.79. The molecule has 2 heterocycles. The molecule has 1 aliphatic heterocycles. The molecule has 1 atom stereocenters. The summed E-state index contributed by atoms with van der Waals surface area (Å²) in [6, 6.07) is 3.76. The molecule has 1 N–H and O–H groups in total. The molecule has 0 spiro atoms. The van der Waals surface area contributed by atoms with Gasteiger partial charge in [0.15, 0.2) is 14.2 Å². The lowest BCUT2D eigenvalue weighted by Crippen LogP contribution is -2.35. The highest BCUT2D eigenvalue weighted by atomic mass is 32.2. The maximum absolute atomic E-state index is 12.3. The predicted molar refractivity (Wildman–Crippen MR) is 98.6 cm³/mol. The van der Waals surface area contributed by atoms with Crippen molar-refractivity contribution in [1.29, 1.82) is 0 Å². The second-order valence-electron chi connectivity index (χ2n) is 5.87. The van der Waals surface area contributed by atoms with Gasteiger partial charge < -0.3 is 5.32 Å². The number of nitrogens with one attached hydrogen (secondary N) is 1. The quantitative estimate of drug-likeness (QED) is 0.590. The summed E-state index contributed by atoms with van der Waals surface area (Å²) in [5.74, 6) is -0.573. The number of aryl methyl sites for hydroxylation is 1. The molecule has 1 aromatic heterocycles. The standard InChI is InChI=1S/C15H15N3O5S3/c1-9-7-24-15(16-9)25-13-3-2-10(6-12(13)18(20)21)14(19)17-11-4-5-26(22,23)8-11/h2-3,6-7,11H,4-5,8H2,1H3,(H,17,19). The van der Waals surface area contributed by atoms with Crippen LogP contribution in [0.5, 0.6) is 0 Å². The zero-order valence-corrected chi connectivity index (χ0v) is 16.1. The second-order valence-corrected chi connectivity index (χ2v) is 10.2. The van der Waals surface area contributed by atoms with Crippen molar-refractivity contribution in [3.05, 3.63) is 45.0 Å². The van der Waals surface area contributed by atoms with Crippen LogP contribution in [0.2, 0.25) is 0 Å². The number of benzene rings is 1. The summed E-state index contributed by atoms with van der Waals surface area (Å²) in [7, 11) is -3.12. The summed E-state index contributed by atoms with van der Waals surface area (Å²) >= 11 is 2.56. The highest BCUT2D eigenvalue weighted by Gasteiger charge is 2.29. The van der Waals surface area contributed by atoms with Gasteiger partial charge in [0.2, 0.25) is 0 Å². The minimum atomic E-state index is -3.12. The van der Waals surface area contributed by atoms with Crippen molar-refractivity contribution in [2.24, 2.45) is 0 Å². The Kier molecular flexibility index (Phi) is 5.30. The smallest absolute Gasteiger partial charge is 0.284 e. The lowest BCUT2D eigenvalue weighted by molar-refractivity contribution is -0.387. The Morgan fingerprint density at radius 2 is 2.23 bits per heavy atom. The molecule has 1 fully saturated rings. The molecule has 1 unspecified atom stereocenters. The van der Waals surface area contributed by atoms with Crippen LogP contribution in [0.25, 0.3) is 0 Å². The van der Waals surface area contributed by atoms with Crippen LogP contribution in [-0.4, -0.2) is 41.8 Å². The SMILES string of the molecule is Cc1csc(Sc2ccc(C(=O)NC3CCS(=O)(=O)C3)cc2[N+](=O)[O-])n1. The molecule has 11 heteroatoms. The summed E-state index contributed by atoms with van der Waals surface area (Å²) < 4.78 is 23.6. The highest BCUT2D eigenvalue weighted by Crippen LogP contribution is 2.36. The van der Waals surface area contributed by atoms with Crippen LogP contribution in [0.3, 0.4) is 0 Å². The van der Waals surface area contributed by atoms with E-state index in [1.54, 1.807) is 0 Å². The number of sulfone groups is 1. The lowest BCUT2D eigenvalue weighted by Gasteiger charge is -2.11. The number of nitro groups is 1. The Morgan fingerprint density at radius 3 is 2.81 bits per heavy atom. The second kappa shape index (κ2) is 7.33. The molecule has 26 heavy (non-hydrogen) atoms. The highest BCUT2D eigenvalue weighted by molar-refractivity contribution is 8.01. The number of carbonyl (C=O) groups is 1. The molecular weight excluding hydrogens is 398 g/mol. The van der Waals surface area contributed by atoms with Crippen LogP contribution in [0, 0.1) is 17.0 Å². The van der Waals surface area contributed by atoms with E-state index in [1.165, 1.54) is 41.3 Å². The molecule has 8 nitrogen and oxygen atoms in total. The van der Waals surface area contributed by atoms with Gasteiger partial charge in [0.25, 0.3) is 11.6 Å². The van der Waals surface area contributed by atoms with Gasteiger partial charge in [-0.15, -0.1) is 11.3 Å². The van der Waals surface area contributed by atoms with Gasteiger partial charge in [-0.05, 0) is 25.5 Å². The molecule has 0 radical (unpaired) electrons. The number of amides is 1. The molecule has 0 saturated carbocycles. The third-order valence-corrected chi connectivity index (χ3v) is 7.67. The normalized spacial score (nSPS) is 18.6. The van der Waals surface area contributed by atoms with E-state index in [2.05, 4.69) is 10.3 Å². The third kappa shape index (κ3) is 4.40. The molecule has 1 saturated heterocycles. The maximum atomic E-state index is 12.3. The van der Waals surface area contributed by atoms with E-state index in [0.717, 1.165) is 5.69 Å². The Labute approximate surface area is 158 Å². The van der Waals surface area contributed by atoms with Crippen molar-refractivity contribution in [1.82, 2.24) is 10.3 Å². The van der Waals surface area contributed by atoms with E-state index >= 15 is 0 Å². The predicted octanol–water partition coefficient (Wildman–Crippen LogP) is 2.43. The molecule has 3 rings (SSSR count). The zero-order valence-electron chi connectivity index (χ0n) is 13.7. The number of aromatic nitrogens is 1. The maximum Gasteiger partial charge on any atom is 0.284 e. The van der Waals surface area contributed by atoms with Crippen molar-refractivity contribution < 1.29 is 18.1 Å². The van der Waals surface area contributed by atoms with Crippen LogP contribution in [0.1, 0.15) is 22.5 Å². The summed E-state index contributed by atoms with van der Waals surface area (Å²) in [5.41, 5.74) is 0.776. The van der Waals surface area contributed by atoms with Gasteiger partial charge in [-0.1, -0.05) is 11.8 Å². The van der Waals surface area contributed by atoms with Gasteiger partial charge in [0, 0.05) is 28.7 Å². The van der Waals surface area contributed by atoms with Crippen molar-refractivity contribution in [3.8, 4) is 0 Å². The van der Waals surface area contributed by atoms with Gasteiger partial charge in [0.05, 0.1) is 21.3 Å². The lowest BCUT2D eigenvalue weighted by atomic mass is 10.1. The molecule has 2 aromatic rings. The average molecular weight is 414 g/mol. The minimum absolute atomic E-state index is 0.0426. The number of hydrogen-bond donors (Lipinski definition) is 1. The topological polar surface area (TPSA) is 119 Å². The fourth-order valence-corrected chi connectivity index (χ4v) is 6.09. The first-order valence-electron chi connectivity index (χ1n) is 7.63. The van der Waals surface area contributed by atoms with Crippen LogP contribution >= 0.6 is 23.1 Å². The molecule has 138 valence electrons. The van der Waals surface area contributed by atoms with Crippen LogP contribution < -0.4 is 5.32 Å². The van der Waals surface area contributed by atoms with E-state index in [9.17, 15) is 23.3 Å². The summed E-state index contributed by atoms with van der Waals surface area (Å²) in [4.78, 5) is 27.8. The zero-order chi connectivity index (χ0) is 18.9. The van der Waals surface area contributed by atoms with Gasteiger partial charge in [-0.25, -0.2) is 13.4 Å². The minimum Gasteiger partial charge on any atom is -0.348 e. The Bertz CT molecular complexity index is 971. The largest absolute Gasteiger partial charge is 0.348 e. The summed E-state index contributed by atoms with van der Waals surface area (Å²) in [6.45, 7) is 1.84. The Hall–Kier alpha value is -1.98. The van der Waals surface area contributed by atoms with E-state index in [4.69, 9.17) is 0 Å².